The maximum Gasteiger partial charge on any atom is 0.251 e. The van der Waals surface area contributed by atoms with E-state index in [0.717, 1.165) is 22.9 Å². The van der Waals surface area contributed by atoms with Gasteiger partial charge in [0.25, 0.3) is 5.56 Å². The summed E-state index contributed by atoms with van der Waals surface area (Å²) >= 11 is 1.69. The molecule has 0 fully saturated rings. The topological polar surface area (TPSA) is 22.0 Å². The normalized spacial score (nSPS) is 10.9. The van der Waals surface area contributed by atoms with Crippen molar-refractivity contribution in [2.45, 2.75) is 6.42 Å². The van der Waals surface area contributed by atoms with Crippen molar-refractivity contribution >= 4 is 22.2 Å². The summed E-state index contributed by atoms with van der Waals surface area (Å²) in [6.45, 7) is 0. The minimum atomic E-state index is 0.0546. The van der Waals surface area contributed by atoms with Gasteiger partial charge in [-0.2, -0.15) is 11.3 Å². The highest BCUT2D eigenvalue weighted by Crippen LogP contribution is 2.20. The van der Waals surface area contributed by atoms with Crippen molar-refractivity contribution in [3.63, 3.8) is 0 Å². The third kappa shape index (κ3) is 1.87. The van der Waals surface area contributed by atoms with Gasteiger partial charge < -0.3 is 4.57 Å². The van der Waals surface area contributed by atoms with E-state index in [-0.39, 0.29) is 5.56 Å². The van der Waals surface area contributed by atoms with Gasteiger partial charge in [-0.05, 0) is 40.4 Å². The quantitative estimate of drug-likeness (QED) is 0.689. The van der Waals surface area contributed by atoms with E-state index in [4.69, 9.17) is 0 Å². The predicted molar refractivity (Wildman–Crippen MR) is 76.3 cm³/mol. The lowest BCUT2D eigenvalue weighted by molar-refractivity contribution is 0.900. The molecule has 90 valence electrons. The van der Waals surface area contributed by atoms with Crippen LogP contribution >= 0.6 is 11.3 Å². The van der Waals surface area contributed by atoms with Crippen molar-refractivity contribution in [2.24, 2.45) is 7.05 Å². The molecule has 1 aromatic carbocycles. The van der Waals surface area contributed by atoms with E-state index >= 15 is 0 Å². The van der Waals surface area contributed by atoms with Crippen LogP contribution in [0.3, 0.4) is 0 Å². The van der Waals surface area contributed by atoms with Crippen LogP contribution in [0.4, 0.5) is 0 Å². The summed E-state index contributed by atoms with van der Waals surface area (Å²) in [5, 5.41) is 5.36. The van der Waals surface area contributed by atoms with Gasteiger partial charge in [-0.25, -0.2) is 0 Å². The molecule has 2 heterocycles. The van der Waals surface area contributed by atoms with Crippen LogP contribution in [-0.4, -0.2) is 4.57 Å². The van der Waals surface area contributed by atoms with Crippen molar-refractivity contribution < 1.29 is 0 Å². The van der Waals surface area contributed by atoms with E-state index in [0.29, 0.717) is 0 Å². The third-order valence-corrected chi connectivity index (χ3v) is 3.95. The summed E-state index contributed by atoms with van der Waals surface area (Å²) in [4.78, 5) is 11.9. The molecule has 0 saturated carbocycles. The second-order valence-corrected chi connectivity index (χ2v) is 5.17. The van der Waals surface area contributed by atoms with Gasteiger partial charge in [0.1, 0.15) is 0 Å². The van der Waals surface area contributed by atoms with Gasteiger partial charge in [0.05, 0.1) is 5.52 Å². The van der Waals surface area contributed by atoms with Crippen molar-refractivity contribution in [2.75, 3.05) is 0 Å². The molecule has 0 N–H and O–H groups in total. The van der Waals surface area contributed by atoms with Gasteiger partial charge in [0, 0.05) is 18.5 Å². The molecule has 0 aliphatic rings. The third-order valence-electron chi connectivity index (χ3n) is 3.21. The van der Waals surface area contributed by atoms with Crippen LogP contribution in [0, 0.1) is 0 Å². The van der Waals surface area contributed by atoms with E-state index in [1.54, 1.807) is 22.0 Å². The first-order chi connectivity index (χ1) is 8.75. The van der Waals surface area contributed by atoms with E-state index in [2.05, 4.69) is 22.9 Å². The molecule has 3 rings (SSSR count). The van der Waals surface area contributed by atoms with Gasteiger partial charge >= 0.3 is 0 Å². The second-order valence-electron chi connectivity index (χ2n) is 4.39. The Morgan fingerprint density at radius 2 is 2.06 bits per heavy atom. The Balaban J connectivity index is 2.23. The Morgan fingerprint density at radius 1 is 1.22 bits per heavy atom. The van der Waals surface area contributed by atoms with Gasteiger partial charge in [-0.1, -0.05) is 18.2 Å². The highest BCUT2D eigenvalue weighted by molar-refractivity contribution is 7.07. The van der Waals surface area contributed by atoms with Gasteiger partial charge in [-0.15, -0.1) is 0 Å². The zero-order chi connectivity index (χ0) is 12.5. The van der Waals surface area contributed by atoms with Crippen LogP contribution in [0.25, 0.3) is 10.9 Å². The Labute approximate surface area is 109 Å². The smallest absolute Gasteiger partial charge is 0.251 e. The van der Waals surface area contributed by atoms with Crippen molar-refractivity contribution in [1.29, 1.82) is 0 Å². The number of benzene rings is 1. The number of aromatic nitrogens is 1. The van der Waals surface area contributed by atoms with Crippen LogP contribution < -0.4 is 5.56 Å². The summed E-state index contributed by atoms with van der Waals surface area (Å²) in [5.74, 6) is 0. The highest BCUT2D eigenvalue weighted by Gasteiger charge is 2.06. The molecule has 0 spiro atoms. The fraction of sp³-hybridized carbons (Fsp3) is 0.133. The first kappa shape index (κ1) is 11.2. The Bertz CT molecular complexity index is 741. The molecule has 0 unspecified atom stereocenters. The highest BCUT2D eigenvalue weighted by atomic mass is 32.1. The molecule has 0 atom stereocenters. The predicted octanol–water partition coefficient (Wildman–Crippen LogP) is 3.19. The number of pyridine rings is 1. The molecule has 3 aromatic rings. The fourth-order valence-electron chi connectivity index (χ4n) is 2.24. The summed E-state index contributed by atoms with van der Waals surface area (Å²) in [6.07, 6.45) is 0.820. The van der Waals surface area contributed by atoms with Crippen molar-refractivity contribution in [3.8, 4) is 0 Å². The number of thiophene rings is 1. The molecule has 0 aliphatic carbocycles. The molecule has 0 radical (unpaired) electrons. The fourth-order valence-corrected chi connectivity index (χ4v) is 2.91. The second kappa shape index (κ2) is 4.42. The SMILES string of the molecule is Cn1c(=O)cc(Cc2ccsc2)c2ccccc21. The van der Waals surface area contributed by atoms with E-state index in [1.165, 1.54) is 5.56 Å². The molecule has 2 nitrogen and oxygen atoms in total. The minimum absolute atomic E-state index is 0.0546. The summed E-state index contributed by atoms with van der Waals surface area (Å²) in [7, 11) is 1.82. The summed E-state index contributed by atoms with van der Waals surface area (Å²) in [5.41, 5.74) is 3.42. The number of fused-ring (bicyclic) bond motifs is 1. The molecule has 0 bridgehead atoms. The number of hydrogen-bond donors (Lipinski definition) is 0. The number of nitrogens with zero attached hydrogens (tertiary/aromatic N) is 1. The summed E-state index contributed by atoms with van der Waals surface area (Å²) < 4.78 is 1.70. The van der Waals surface area contributed by atoms with Gasteiger partial charge in [0.15, 0.2) is 0 Å². The van der Waals surface area contributed by atoms with E-state index in [9.17, 15) is 4.79 Å². The lowest BCUT2D eigenvalue weighted by Crippen LogP contribution is -2.17. The molecule has 0 amide bonds. The number of rotatable bonds is 2. The van der Waals surface area contributed by atoms with Gasteiger partial charge in [-0.3, -0.25) is 4.79 Å². The first-order valence-corrected chi connectivity index (χ1v) is 6.79. The number of hydrogen-bond acceptors (Lipinski definition) is 2. The maximum absolute atomic E-state index is 11.9. The maximum atomic E-state index is 11.9. The molecule has 2 aromatic heterocycles. The Hall–Kier alpha value is -1.87. The van der Waals surface area contributed by atoms with Crippen LogP contribution in [0.15, 0.2) is 52.0 Å². The van der Waals surface area contributed by atoms with Crippen molar-refractivity contribution in [1.82, 2.24) is 4.57 Å². The van der Waals surface area contributed by atoms with Gasteiger partial charge in [0.2, 0.25) is 0 Å². The molecule has 18 heavy (non-hydrogen) atoms. The van der Waals surface area contributed by atoms with Crippen LogP contribution in [0.2, 0.25) is 0 Å². The molecule has 0 aliphatic heterocycles. The Kier molecular flexibility index (Phi) is 2.76. The molecular weight excluding hydrogens is 242 g/mol. The minimum Gasteiger partial charge on any atom is -0.311 e. The standard InChI is InChI=1S/C15H13NOS/c1-16-14-5-3-2-4-13(14)12(9-15(16)17)8-11-6-7-18-10-11/h2-7,9-10H,8H2,1H3. The monoisotopic (exact) mass is 255 g/mol. The Morgan fingerprint density at radius 3 is 2.83 bits per heavy atom. The zero-order valence-electron chi connectivity index (χ0n) is 10.1. The molecular formula is C15H13NOS. The summed E-state index contributed by atoms with van der Waals surface area (Å²) in [6, 6.07) is 11.9. The lowest BCUT2D eigenvalue weighted by atomic mass is 10.0. The zero-order valence-corrected chi connectivity index (χ0v) is 10.9. The van der Waals surface area contributed by atoms with Crippen molar-refractivity contribution in [3.05, 3.63) is 68.6 Å². The van der Waals surface area contributed by atoms with E-state index in [1.807, 2.05) is 25.2 Å². The van der Waals surface area contributed by atoms with E-state index < -0.39 is 0 Å². The molecule has 0 saturated heterocycles. The molecule has 3 heteroatoms. The average molecular weight is 255 g/mol. The largest absolute Gasteiger partial charge is 0.311 e. The average Bonchev–Trinajstić information content (AvgIpc) is 2.89. The van der Waals surface area contributed by atoms with Crippen LogP contribution in [0.1, 0.15) is 11.1 Å². The lowest BCUT2D eigenvalue weighted by Gasteiger charge is -2.09. The van der Waals surface area contributed by atoms with Crippen LogP contribution in [0.5, 0.6) is 0 Å². The number of para-hydroxylation sites is 1. The number of aryl methyl sites for hydroxylation is 1. The first-order valence-electron chi connectivity index (χ1n) is 5.84. The van der Waals surface area contributed by atoms with Crippen LogP contribution in [-0.2, 0) is 13.5 Å².